The van der Waals surface area contributed by atoms with E-state index < -0.39 is 0 Å². The molecule has 1 rings (SSSR count). The fourth-order valence-corrected chi connectivity index (χ4v) is 5.13. The van der Waals surface area contributed by atoms with Crippen molar-refractivity contribution in [2.75, 3.05) is 13.1 Å². The van der Waals surface area contributed by atoms with Gasteiger partial charge >= 0.3 is 84.5 Å². The molecule has 2 heteroatoms. The van der Waals surface area contributed by atoms with Crippen LogP contribution in [0.2, 0.25) is 9.95 Å². The second-order valence-electron chi connectivity index (χ2n) is 4.06. The van der Waals surface area contributed by atoms with E-state index in [1.54, 1.807) is 9.95 Å². The van der Waals surface area contributed by atoms with Gasteiger partial charge in [-0.2, -0.15) is 0 Å². The first-order chi connectivity index (χ1) is 5.84. The van der Waals surface area contributed by atoms with E-state index in [0.29, 0.717) is 0 Å². The topological polar surface area (TPSA) is 3.24 Å². The molecule has 0 aromatic heterocycles. The Morgan fingerprint density at radius 2 is 1.83 bits per heavy atom. The molecule has 1 fully saturated rings. The first kappa shape index (κ1) is 10.7. The first-order valence-electron chi connectivity index (χ1n) is 5.58. The van der Waals surface area contributed by atoms with Crippen molar-refractivity contribution in [2.24, 2.45) is 0 Å². The second-order valence-corrected chi connectivity index (χ2v) is 8.51. The van der Waals surface area contributed by atoms with Crippen LogP contribution in [0.25, 0.3) is 0 Å². The van der Waals surface area contributed by atoms with Gasteiger partial charge in [0, 0.05) is 0 Å². The van der Waals surface area contributed by atoms with Crippen molar-refractivity contribution in [1.29, 1.82) is 0 Å². The Bertz CT molecular complexity index is 108. The molecule has 1 heterocycles. The average Bonchev–Trinajstić information content (AvgIpc) is 2.02. The number of hydrogen-bond acceptors (Lipinski definition) is 1. The van der Waals surface area contributed by atoms with E-state index in [1.165, 1.54) is 32.4 Å². The number of hydrogen-bond donors (Lipinski definition) is 0. The van der Waals surface area contributed by atoms with Gasteiger partial charge in [-0.25, -0.2) is 0 Å². The number of rotatable bonds is 2. The van der Waals surface area contributed by atoms with Gasteiger partial charge in [0.15, 0.2) is 0 Å². The van der Waals surface area contributed by atoms with Gasteiger partial charge in [0.05, 0.1) is 0 Å². The molecule has 0 radical (unpaired) electrons. The molecule has 0 saturated carbocycles. The van der Waals surface area contributed by atoms with E-state index in [-0.39, 0.29) is 17.4 Å². The van der Waals surface area contributed by atoms with E-state index >= 15 is 0 Å². The van der Waals surface area contributed by atoms with Crippen molar-refractivity contribution in [3.63, 3.8) is 0 Å². The van der Waals surface area contributed by atoms with E-state index in [9.17, 15) is 0 Å². The van der Waals surface area contributed by atoms with Crippen LogP contribution in [-0.4, -0.2) is 41.4 Å². The van der Waals surface area contributed by atoms with Crippen molar-refractivity contribution in [2.45, 2.75) is 49.1 Å². The van der Waals surface area contributed by atoms with Gasteiger partial charge in [0.1, 0.15) is 0 Å². The molecule has 0 amide bonds. The van der Waals surface area contributed by atoms with Gasteiger partial charge < -0.3 is 0 Å². The molecule has 0 bridgehead atoms. The Morgan fingerprint density at radius 1 is 1.25 bits per heavy atom. The summed E-state index contributed by atoms with van der Waals surface area (Å²) in [5.41, 5.74) is 0. The summed E-state index contributed by atoms with van der Waals surface area (Å²) in [5.74, 6) is 0. The molecule has 1 aliphatic heterocycles. The van der Waals surface area contributed by atoms with Crippen molar-refractivity contribution in [3.05, 3.63) is 0 Å². The third-order valence-corrected chi connectivity index (χ3v) is 7.30. The molecule has 0 N–H and O–H groups in total. The van der Waals surface area contributed by atoms with Gasteiger partial charge in [0.25, 0.3) is 0 Å². The monoisotopic (exact) mass is 225 g/mol. The zero-order valence-corrected chi connectivity index (χ0v) is 11.6. The van der Waals surface area contributed by atoms with Crippen LogP contribution in [0.5, 0.6) is 0 Å². The Hall–Kier alpha value is 0.596. The molecule has 0 aliphatic carbocycles. The van der Waals surface area contributed by atoms with Crippen LogP contribution < -0.4 is 0 Å². The molecule has 1 unspecified atom stereocenters. The van der Waals surface area contributed by atoms with Gasteiger partial charge in [0.2, 0.25) is 0 Å². The summed E-state index contributed by atoms with van der Waals surface area (Å²) in [6.45, 7) is 7.46. The van der Waals surface area contributed by atoms with Crippen LogP contribution in [0.3, 0.4) is 0 Å². The fourth-order valence-electron chi connectivity index (χ4n) is 1.97. The standard InChI is InChI=1S/C10H21N.Ga.H/c1-5-8-11(9-6-2)10(4)7-3;;/h10H,1-2,5-9H2,3-4H3;;. The molecule has 0 aromatic carbocycles. The maximum atomic E-state index is 2.70. The third-order valence-electron chi connectivity index (χ3n) is 3.10. The van der Waals surface area contributed by atoms with Crippen LogP contribution in [0.15, 0.2) is 0 Å². The van der Waals surface area contributed by atoms with Crippen molar-refractivity contribution in [1.82, 2.24) is 4.90 Å². The fraction of sp³-hybridized carbons (Fsp3) is 1.00. The summed E-state index contributed by atoms with van der Waals surface area (Å²) in [6, 6.07) is 0.829. The zero-order valence-electron chi connectivity index (χ0n) is 8.68. The average molecular weight is 226 g/mol. The molecule has 1 aliphatic rings. The van der Waals surface area contributed by atoms with E-state index in [0.717, 1.165) is 6.04 Å². The summed E-state index contributed by atoms with van der Waals surface area (Å²) in [4.78, 5) is 5.97. The van der Waals surface area contributed by atoms with E-state index in [2.05, 4.69) is 18.7 Å². The Morgan fingerprint density at radius 3 is 2.33 bits per heavy atom. The summed E-state index contributed by atoms with van der Waals surface area (Å²) in [5, 5.41) is 0. The van der Waals surface area contributed by atoms with Crippen molar-refractivity contribution in [3.8, 4) is 0 Å². The Balaban J connectivity index is 2.29. The molecule has 0 aromatic rings. The minimum atomic E-state index is -0.0120. The maximum absolute atomic E-state index is 2.70. The molecule has 12 heavy (non-hydrogen) atoms. The van der Waals surface area contributed by atoms with Crippen molar-refractivity contribution >= 4 is 17.4 Å². The summed E-state index contributed by atoms with van der Waals surface area (Å²) < 4.78 is 0. The molecule has 0 spiro atoms. The van der Waals surface area contributed by atoms with Crippen LogP contribution in [0.1, 0.15) is 33.1 Å². The predicted molar refractivity (Wildman–Crippen MR) is 57.3 cm³/mol. The normalized spacial score (nSPS) is 23.8. The van der Waals surface area contributed by atoms with Gasteiger partial charge in [-0.05, 0) is 0 Å². The third kappa shape index (κ3) is 3.54. The quantitative estimate of drug-likeness (QED) is 0.652. The van der Waals surface area contributed by atoms with E-state index in [4.69, 9.17) is 0 Å². The summed E-state index contributed by atoms with van der Waals surface area (Å²) in [7, 11) is 0. The van der Waals surface area contributed by atoms with Gasteiger partial charge in [-0.1, -0.05) is 0 Å². The Kier molecular flexibility index (Phi) is 5.44. The van der Waals surface area contributed by atoms with Gasteiger partial charge in [-0.15, -0.1) is 0 Å². The van der Waals surface area contributed by atoms with Crippen LogP contribution >= 0.6 is 0 Å². The molecule has 1 saturated heterocycles. The van der Waals surface area contributed by atoms with Crippen LogP contribution in [-0.2, 0) is 0 Å². The molecular weight excluding hydrogens is 204 g/mol. The number of nitrogens with zero attached hydrogens (tertiary/aromatic N) is 1. The molecule has 1 atom stereocenters. The second kappa shape index (κ2) is 6.11. The minimum absolute atomic E-state index is 0.0120. The first-order valence-corrected chi connectivity index (χ1v) is 9.78. The predicted octanol–water partition coefficient (Wildman–Crippen LogP) is 2.15. The van der Waals surface area contributed by atoms with E-state index in [1.807, 2.05) is 0 Å². The zero-order chi connectivity index (χ0) is 8.81. The molecular formula is C10H22GaN. The molecule has 70 valence electrons. The summed E-state index contributed by atoms with van der Waals surface area (Å²) in [6.07, 6.45) is 4.33. The van der Waals surface area contributed by atoms with Gasteiger partial charge in [-0.3, -0.25) is 0 Å². The summed E-state index contributed by atoms with van der Waals surface area (Å²) >= 11 is -0.0120. The van der Waals surface area contributed by atoms with Crippen LogP contribution in [0.4, 0.5) is 0 Å². The Labute approximate surface area is 84.7 Å². The van der Waals surface area contributed by atoms with Crippen LogP contribution in [0, 0.1) is 0 Å². The molecule has 1 nitrogen and oxygen atoms in total. The SMILES string of the molecule is CCC(C)N1CC[CH2][GaH][CH2]CC1. The van der Waals surface area contributed by atoms with Crippen molar-refractivity contribution < 1.29 is 0 Å².